The highest BCUT2D eigenvalue weighted by Gasteiger charge is 2.16. The molecule has 1 aromatic heterocycles. The number of nitrogens with one attached hydrogen (secondary N) is 1. The molecule has 2 aromatic carbocycles. The molecule has 3 rings (SSSR count). The predicted molar refractivity (Wildman–Crippen MR) is 95.0 cm³/mol. The molecule has 0 radical (unpaired) electrons. The number of carbonyl (C=O) groups excluding carboxylic acids is 1. The molecule has 0 atom stereocenters. The van der Waals surface area contributed by atoms with Crippen LogP contribution in [-0.4, -0.2) is 17.2 Å². The number of phenolic OH excluding ortho intramolecular Hbond substituents is 1. The minimum atomic E-state index is -0.387. The maximum Gasteiger partial charge on any atom is 0.283 e. The average molecular weight is 365 g/mol. The lowest BCUT2D eigenvalue weighted by Gasteiger charge is -1.97. The first-order valence-corrected chi connectivity index (χ1v) is 8.12. The Morgan fingerprint density at radius 3 is 2.65 bits per heavy atom. The number of rotatable bonds is 3. The molecule has 1 amide bonds. The van der Waals surface area contributed by atoms with E-state index < -0.39 is 0 Å². The van der Waals surface area contributed by atoms with E-state index in [1.165, 1.54) is 29.7 Å². The number of thiophene rings is 1. The van der Waals surface area contributed by atoms with Gasteiger partial charge < -0.3 is 5.11 Å². The number of fused-ring (bicyclic) bond motifs is 1. The second-order valence-electron chi connectivity index (χ2n) is 4.68. The van der Waals surface area contributed by atoms with Gasteiger partial charge in [0.05, 0.1) is 11.2 Å². The van der Waals surface area contributed by atoms with E-state index >= 15 is 0 Å². The van der Waals surface area contributed by atoms with Crippen LogP contribution in [0.3, 0.4) is 0 Å². The first-order chi connectivity index (χ1) is 11.0. The normalized spacial score (nSPS) is 11.2. The third kappa shape index (κ3) is 3.47. The van der Waals surface area contributed by atoms with Crippen LogP contribution < -0.4 is 5.43 Å². The van der Waals surface area contributed by atoms with Crippen molar-refractivity contribution in [3.63, 3.8) is 0 Å². The zero-order chi connectivity index (χ0) is 16.4. The van der Waals surface area contributed by atoms with Crippen LogP contribution in [0.5, 0.6) is 5.75 Å². The monoisotopic (exact) mass is 364 g/mol. The Balaban J connectivity index is 1.78. The van der Waals surface area contributed by atoms with Crippen molar-refractivity contribution in [2.45, 2.75) is 0 Å². The molecule has 0 bridgehead atoms. The molecule has 1 heterocycles. The number of phenols is 1. The van der Waals surface area contributed by atoms with E-state index in [0.717, 1.165) is 15.6 Å². The van der Waals surface area contributed by atoms with Crippen molar-refractivity contribution in [1.29, 1.82) is 0 Å². The molecule has 0 fully saturated rings. The summed E-state index contributed by atoms with van der Waals surface area (Å²) in [6, 6.07) is 11.7. The number of hydrogen-bond acceptors (Lipinski definition) is 4. The van der Waals surface area contributed by atoms with Crippen LogP contribution in [0.4, 0.5) is 0 Å². The van der Waals surface area contributed by atoms with Gasteiger partial charge in [0.15, 0.2) is 0 Å². The van der Waals surface area contributed by atoms with E-state index in [9.17, 15) is 9.90 Å². The molecule has 23 heavy (non-hydrogen) atoms. The Morgan fingerprint density at radius 1 is 1.17 bits per heavy atom. The molecule has 0 spiro atoms. The van der Waals surface area contributed by atoms with E-state index in [2.05, 4.69) is 10.5 Å². The largest absolute Gasteiger partial charge is 0.508 e. The Bertz CT molecular complexity index is 904. The molecule has 0 saturated heterocycles. The summed E-state index contributed by atoms with van der Waals surface area (Å²) < 4.78 is 0.843. The van der Waals surface area contributed by atoms with Crippen LogP contribution in [0.15, 0.2) is 47.6 Å². The van der Waals surface area contributed by atoms with Crippen LogP contribution in [0.25, 0.3) is 10.1 Å². The minimum absolute atomic E-state index is 0.168. The van der Waals surface area contributed by atoms with Crippen molar-refractivity contribution in [3.05, 3.63) is 63.0 Å². The van der Waals surface area contributed by atoms with Crippen molar-refractivity contribution >= 4 is 56.7 Å². The number of aromatic hydroxyl groups is 1. The summed E-state index contributed by atoms with van der Waals surface area (Å²) in [6.07, 6.45) is 1.48. The second kappa shape index (κ2) is 6.58. The maximum absolute atomic E-state index is 12.2. The highest BCUT2D eigenvalue weighted by Crippen LogP contribution is 2.36. The first-order valence-electron chi connectivity index (χ1n) is 6.54. The lowest BCUT2D eigenvalue weighted by atomic mass is 10.2. The van der Waals surface area contributed by atoms with Gasteiger partial charge in [-0.1, -0.05) is 29.3 Å². The topological polar surface area (TPSA) is 61.7 Å². The van der Waals surface area contributed by atoms with Crippen molar-refractivity contribution < 1.29 is 9.90 Å². The van der Waals surface area contributed by atoms with Gasteiger partial charge in [0.1, 0.15) is 10.6 Å². The number of nitrogens with zero attached hydrogens (tertiary/aromatic N) is 1. The Morgan fingerprint density at radius 2 is 1.91 bits per heavy atom. The summed E-state index contributed by atoms with van der Waals surface area (Å²) in [5.41, 5.74) is 3.19. The molecule has 3 aromatic rings. The SMILES string of the molecule is O=C(N/N=C\c1ccc(O)cc1)c1sc2cc(Cl)ccc2c1Cl. The van der Waals surface area contributed by atoms with E-state index in [1.807, 2.05) is 0 Å². The fraction of sp³-hybridized carbons (Fsp3) is 0. The number of benzene rings is 2. The van der Waals surface area contributed by atoms with Gasteiger partial charge in [0.2, 0.25) is 0 Å². The molecule has 4 nitrogen and oxygen atoms in total. The summed E-state index contributed by atoms with van der Waals surface area (Å²) in [4.78, 5) is 12.6. The molecular formula is C16H10Cl2N2O2S. The Kier molecular flexibility index (Phi) is 4.52. The fourth-order valence-corrected chi connectivity index (χ4v) is 3.64. The number of carbonyl (C=O) groups is 1. The smallest absolute Gasteiger partial charge is 0.283 e. The summed E-state index contributed by atoms with van der Waals surface area (Å²) in [5, 5.41) is 14.9. The van der Waals surface area contributed by atoms with Gasteiger partial charge in [0.25, 0.3) is 5.91 Å². The van der Waals surface area contributed by atoms with Gasteiger partial charge in [-0.15, -0.1) is 11.3 Å². The van der Waals surface area contributed by atoms with E-state index in [-0.39, 0.29) is 11.7 Å². The summed E-state index contributed by atoms with van der Waals surface area (Å²) in [5.74, 6) is -0.218. The Hall–Kier alpha value is -2.08. The molecule has 0 aliphatic rings. The van der Waals surface area contributed by atoms with Gasteiger partial charge in [-0.3, -0.25) is 4.79 Å². The minimum Gasteiger partial charge on any atom is -0.508 e. The first kappa shape index (κ1) is 15.8. The van der Waals surface area contributed by atoms with Gasteiger partial charge in [-0.05, 0) is 42.0 Å². The van der Waals surface area contributed by atoms with Crippen molar-refractivity contribution in [1.82, 2.24) is 5.43 Å². The van der Waals surface area contributed by atoms with E-state index in [1.54, 1.807) is 30.3 Å². The van der Waals surface area contributed by atoms with Gasteiger partial charge in [0, 0.05) is 15.1 Å². The molecule has 0 aliphatic carbocycles. The van der Waals surface area contributed by atoms with Crippen molar-refractivity contribution in [2.75, 3.05) is 0 Å². The van der Waals surface area contributed by atoms with Crippen LogP contribution in [0.2, 0.25) is 10.0 Å². The van der Waals surface area contributed by atoms with Gasteiger partial charge in [-0.25, -0.2) is 5.43 Å². The molecule has 0 aliphatic heterocycles. The van der Waals surface area contributed by atoms with Crippen LogP contribution in [0, 0.1) is 0 Å². The predicted octanol–water partition coefficient (Wildman–Crippen LogP) is 4.68. The number of amides is 1. The van der Waals surface area contributed by atoms with Crippen LogP contribution in [0.1, 0.15) is 15.2 Å². The highest BCUT2D eigenvalue weighted by molar-refractivity contribution is 7.21. The van der Waals surface area contributed by atoms with Crippen LogP contribution >= 0.6 is 34.5 Å². The van der Waals surface area contributed by atoms with Gasteiger partial charge >= 0.3 is 0 Å². The molecule has 7 heteroatoms. The standard InChI is InChI=1S/C16H10Cl2N2O2S/c17-10-3-6-12-13(7-10)23-15(14(12)18)16(22)20-19-8-9-1-4-11(21)5-2-9/h1-8,21H,(H,20,22)/b19-8-. The zero-order valence-corrected chi connectivity index (χ0v) is 13.9. The molecule has 116 valence electrons. The zero-order valence-electron chi connectivity index (χ0n) is 11.6. The quantitative estimate of drug-likeness (QED) is 0.523. The number of hydrogen-bond donors (Lipinski definition) is 2. The van der Waals surface area contributed by atoms with Crippen LogP contribution in [-0.2, 0) is 0 Å². The third-order valence-electron chi connectivity index (χ3n) is 3.07. The summed E-state index contributed by atoms with van der Waals surface area (Å²) >= 11 is 13.4. The second-order valence-corrected chi connectivity index (χ2v) is 6.54. The number of hydrazone groups is 1. The number of halogens is 2. The molecule has 0 saturated carbocycles. The fourth-order valence-electron chi connectivity index (χ4n) is 1.96. The lowest BCUT2D eigenvalue weighted by Crippen LogP contribution is -2.16. The van der Waals surface area contributed by atoms with Crippen molar-refractivity contribution in [2.24, 2.45) is 5.10 Å². The summed E-state index contributed by atoms with van der Waals surface area (Å²) in [6.45, 7) is 0. The molecule has 0 unspecified atom stereocenters. The summed E-state index contributed by atoms with van der Waals surface area (Å²) in [7, 11) is 0. The average Bonchev–Trinajstić information content (AvgIpc) is 2.85. The third-order valence-corrected chi connectivity index (χ3v) is 4.96. The highest BCUT2D eigenvalue weighted by atomic mass is 35.5. The van der Waals surface area contributed by atoms with E-state index in [0.29, 0.717) is 14.9 Å². The van der Waals surface area contributed by atoms with Crippen molar-refractivity contribution in [3.8, 4) is 5.75 Å². The van der Waals surface area contributed by atoms with E-state index in [4.69, 9.17) is 23.2 Å². The molecule has 2 N–H and O–H groups in total. The van der Waals surface area contributed by atoms with Gasteiger partial charge in [-0.2, -0.15) is 5.10 Å². The Labute approximate surface area is 146 Å². The molecular weight excluding hydrogens is 355 g/mol. The lowest BCUT2D eigenvalue weighted by molar-refractivity contribution is 0.0959. The maximum atomic E-state index is 12.2.